The highest BCUT2D eigenvalue weighted by Crippen LogP contribution is 2.40. The molecular weight excluding hydrogens is 290 g/mol. The average molecular weight is 302 g/mol. The summed E-state index contributed by atoms with van der Waals surface area (Å²) < 4.78 is 28.6. The van der Waals surface area contributed by atoms with Crippen molar-refractivity contribution in [1.82, 2.24) is 9.55 Å². The van der Waals surface area contributed by atoms with Crippen LogP contribution in [0.1, 0.15) is 11.5 Å². The molecule has 2 nitrogen and oxygen atoms in total. The second-order valence-electron chi connectivity index (χ2n) is 5.20. The van der Waals surface area contributed by atoms with Crippen LogP contribution in [-0.2, 0) is 6.54 Å². The molecule has 0 radical (unpaired) electrons. The van der Waals surface area contributed by atoms with E-state index in [1.165, 1.54) is 16.5 Å². The second kappa shape index (κ2) is 4.84. The number of rotatable bonds is 2. The predicted octanol–water partition coefficient (Wildman–Crippen LogP) is 4.20. The molecule has 1 aliphatic heterocycles. The zero-order chi connectivity index (χ0) is 14.4. The molecule has 2 heterocycles. The first-order chi connectivity index (χ1) is 10.2. The molecule has 0 saturated heterocycles. The molecule has 106 valence electrons. The number of benzene rings is 2. The number of hydrogen-bond donors (Lipinski definition) is 0. The van der Waals surface area contributed by atoms with Crippen molar-refractivity contribution >= 4 is 22.8 Å². The van der Waals surface area contributed by atoms with Crippen LogP contribution in [0.15, 0.2) is 47.6 Å². The summed E-state index contributed by atoms with van der Waals surface area (Å²) in [7, 11) is 0. The zero-order valence-electron chi connectivity index (χ0n) is 11.1. The van der Waals surface area contributed by atoms with E-state index in [4.69, 9.17) is 0 Å². The smallest absolute Gasteiger partial charge is 0.161 e. The number of hydrogen-bond acceptors (Lipinski definition) is 2. The molecule has 4 rings (SSSR count). The fourth-order valence-electron chi connectivity index (χ4n) is 2.82. The Morgan fingerprint density at radius 1 is 1.19 bits per heavy atom. The Hall–Kier alpha value is -1.88. The monoisotopic (exact) mass is 302 g/mol. The standard InChI is InChI=1S/C16H12F2N2S/c17-12-5-14-15(6-13(12)18)20(9-19-14)7-10-8-21-16-4-2-1-3-11(10)16/h1-6,9-10H,7-8H2. The molecule has 1 atom stereocenters. The molecule has 5 heteroatoms. The Kier molecular flexibility index (Phi) is 2.96. The van der Waals surface area contributed by atoms with Crippen LogP contribution in [0.25, 0.3) is 11.0 Å². The molecule has 2 aromatic carbocycles. The highest BCUT2D eigenvalue weighted by molar-refractivity contribution is 7.99. The molecule has 0 fully saturated rings. The Morgan fingerprint density at radius 3 is 2.90 bits per heavy atom. The van der Waals surface area contributed by atoms with Crippen molar-refractivity contribution in [2.24, 2.45) is 0 Å². The van der Waals surface area contributed by atoms with Crippen LogP contribution in [0.5, 0.6) is 0 Å². The second-order valence-corrected chi connectivity index (χ2v) is 6.26. The summed E-state index contributed by atoms with van der Waals surface area (Å²) >= 11 is 1.84. The van der Waals surface area contributed by atoms with Crippen LogP contribution in [0.2, 0.25) is 0 Å². The first kappa shape index (κ1) is 12.8. The number of fused-ring (bicyclic) bond motifs is 2. The Labute approximate surface area is 124 Å². The van der Waals surface area contributed by atoms with Gasteiger partial charge in [-0.1, -0.05) is 18.2 Å². The summed E-state index contributed by atoms with van der Waals surface area (Å²) in [6, 6.07) is 10.7. The van der Waals surface area contributed by atoms with Crippen molar-refractivity contribution < 1.29 is 8.78 Å². The SMILES string of the molecule is Fc1cc2ncn(CC3CSc4ccccc43)c2cc1F. The molecule has 21 heavy (non-hydrogen) atoms. The number of imidazole rings is 1. The van der Waals surface area contributed by atoms with Gasteiger partial charge in [0, 0.05) is 35.2 Å². The maximum Gasteiger partial charge on any atom is 0.161 e. The van der Waals surface area contributed by atoms with Gasteiger partial charge in [0.25, 0.3) is 0 Å². The van der Waals surface area contributed by atoms with Gasteiger partial charge in [0.05, 0.1) is 17.4 Å². The lowest BCUT2D eigenvalue weighted by Gasteiger charge is -2.12. The summed E-state index contributed by atoms with van der Waals surface area (Å²) in [5, 5.41) is 0. The largest absolute Gasteiger partial charge is 0.330 e. The van der Waals surface area contributed by atoms with Gasteiger partial charge in [0.1, 0.15) is 0 Å². The Balaban J connectivity index is 1.71. The molecule has 1 unspecified atom stereocenters. The van der Waals surface area contributed by atoms with Crippen molar-refractivity contribution in [1.29, 1.82) is 0 Å². The van der Waals surface area contributed by atoms with E-state index in [0.29, 0.717) is 17.0 Å². The van der Waals surface area contributed by atoms with E-state index in [1.54, 1.807) is 6.33 Å². The van der Waals surface area contributed by atoms with Crippen molar-refractivity contribution in [2.45, 2.75) is 17.4 Å². The van der Waals surface area contributed by atoms with E-state index in [0.717, 1.165) is 18.4 Å². The van der Waals surface area contributed by atoms with Gasteiger partial charge in [-0.2, -0.15) is 0 Å². The van der Waals surface area contributed by atoms with E-state index in [9.17, 15) is 8.78 Å². The van der Waals surface area contributed by atoms with E-state index in [-0.39, 0.29) is 0 Å². The number of aromatic nitrogens is 2. The van der Waals surface area contributed by atoms with Crippen LogP contribution >= 0.6 is 11.8 Å². The third kappa shape index (κ3) is 2.12. The number of halogens is 2. The van der Waals surface area contributed by atoms with Gasteiger partial charge < -0.3 is 4.57 Å². The molecule has 0 spiro atoms. The van der Waals surface area contributed by atoms with Crippen LogP contribution in [0.4, 0.5) is 8.78 Å². The van der Waals surface area contributed by atoms with Crippen molar-refractivity contribution in [3.05, 3.63) is 59.9 Å². The van der Waals surface area contributed by atoms with Crippen LogP contribution < -0.4 is 0 Å². The first-order valence-corrected chi connectivity index (χ1v) is 7.72. The number of thioether (sulfide) groups is 1. The summed E-state index contributed by atoms with van der Waals surface area (Å²) in [6.45, 7) is 0.728. The maximum absolute atomic E-state index is 13.4. The van der Waals surface area contributed by atoms with E-state index in [2.05, 4.69) is 17.1 Å². The quantitative estimate of drug-likeness (QED) is 0.706. The van der Waals surface area contributed by atoms with Gasteiger partial charge in [0.2, 0.25) is 0 Å². The first-order valence-electron chi connectivity index (χ1n) is 6.74. The van der Waals surface area contributed by atoms with Gasteiger partial charge in [-0.15, -0.1) is 11.8 Å². The average Bonchev–Trinajstić information content (AvgIpc) is 3.06. The molecule has 0 N–H and O–H groups in total. The molecule has 1 aliphatic rings. The molecule has 3 aromatic rings. The van der Waals surface area contributed by atoms with Gasteiger partial charge in [0.15, 0.2) is 11.6 Å². The highest BCUT2D eigenvalue weighted by atomic mass is 32.2. The Morgan fingerprint density at radius 2 is 2.00 bits per heavy atom. The minimum absolute atomic E-state index is 0.372. The molecule has 0 saturated carbocycles. The lowest BCUT2D eigenvalue weighted by molar-refractivity contribution is 0.510. The summed E-state index contributed by atoms with van der Waals surface area (Å²) in [6.07, 6.45) is 1.66. The summed E-state index contributed by atoms with van der Waals surface area (Å²) in [5.41, 5.74) is 2.46. The molecular formula is C16H12F2N2S. The minimum atomic E-state index is -0.852. The third-order valence-corrected chi connectivity index (χ3v) is 5.13. The van der Waals surface area contributed by atoms with Crippen molar-refractivity contribution in [2.75, 3.05) is 5.75 Å². The number of nitrogens with zero attached hydrogens (tertiary/aromatic N) is 2. The van der Waals surface area contributed by atoms with E-state index >= 15 is 0 Å². The summed E-state index contributed by atoms with van der Waals surface area (Å²) in [5.74, 6) is -0.306. The normalized spacial score (nSPS) is 17.3. The zero-order valence-corrected chi connectivity index (χ0v) is 11.9. The highest BCUT2D eigenvalue weighted by Gasteiger charge is 2.23. The molecule has 1 aromatic heterocycles. The van der Waals surface area contributed by atoms with Crippen molar-refractivity contribution in [3.63, 3.8) is 0 Å². The molecule has 0 amide bonds. The maximum atomic E-state index is 13.4. The fraction of sp³-hybridized carbons (Fsp3) is 0.188. The Bertz CT molecular complexity index is 828. The van der Waals surface area contributed by atoms with Crippen LogP contribution in [0, 0.1) is 11.6 Å². The lowest BCUT2D eigenvalue weighted by Crippen LogP contribution is -2.08. The molecule has 0 bridgehead atoms. The van der Waals surface area contributed by atoms with Crippen molar-refractivity contribution in [3.8, 4) is 0 Å². The van der Waals surface area contributed by atoms with Gasteiger partial charge in [-0.3, -0.25) is 0 Å². The van der Waals surface area contributed by atoms with E-state index in [1.807, 2.05) is 28.5 Å². The van der Waals surface area contributed by atoms with Crippen LogP contribution in [0.3, 0.4) is 0 Å². The fourth-order valence-corrected chi connectivity index (χ4v) is 4.06. The lowest BCUT2D eigenvalue weighted by atomic mass is 10.0. The van der Waals surface area contributed by atoms with Gasteiger partial charge in [-0.05, 0) is 11.6 Å². The predicted molar refractivity (Wildman–Crippen MR) is 79.6 cm³/mol. The molecule has 0 aliphatic carbocycles. The third-order valence-electron chi connectivity index (χ3n) is 3.88. The van der Waals surface area contributed by atoms with Gasteiger partial charge >= 0.3 is 0 Å². The minimum Gasteiger partial charge on any atom is -0.330 e. The van der Waals surface area contributed by atoms with E-state index < -0.39 is 11.6 Å². The van der Waals surface area contributed by atoms with Crippen LogP contribution in [-0.4, -0.2) is 15.3 Å². The van der Waals surface area contributed by atoms with Gasteiger partial charge in [-0.25, -0.2) is 13.8 Å². The summed E-state index contributed by atoms with van der Waals surface area (Å²) in [4.78, 5) is 5.48. The topological polar surface area (TPSA) is 17.8 Å².